The molecule has 3 aromatic carbocycles. The minimum absolute atomic E-state index is 0.101. The Morgan fingerprint density at radius 1 is 0.897 bits per heavy atom. The van der Waals surface area contributed by atoms with Crippen LogP contribution in [0.3, 0.4) is 0 Å². The van der Waals surface area contributed by atoms with Crippen molar-refractivity contribution in [1.82, 2.24) is 9.55 Å². The summed E-state index contributed by atoms with van der Waals surface area (Å²) in [7, 11) is 0. The highest BCUT2D eigenvalue weighted by Gasteiger charge is 2.21. The summed E-state index contributed by atoms with van der Waals surface area (Å²) in [5.41, 5.74) is 7.47. The van der Waals surface area contributed by atoms with Gasteiger partial charge in [-0.1, -0.05) is 55.0 Å². The molecule has 29 heavy (non-hydrogen) atoms. The van der Waals surface area contributed by atoms with Gasteiger partial charge in [0.2, 0.25) is 0 Å². The van der Waals surface area contributed by atoms with Crippen molar-refractivity contribution < 1.29 is 4.74 Å². The van der Waals surface area contributed by atoms with Crippen molar-refractivity contribution in [3.8, 4) is 5.75 Å². The van der Waals surface area contributed by atoms with Crippen LogP contribution < -0.4 is 4.74 Å². The maximum absolute atomic E-state index is 6.35. The van der Waals surface area contributed by atoms with E-state index < -0.39 is 0 Å². The molecule has 3 heteroatoms. The molecule has 1 heterocycles. The van der Waals surface area contributed by atoms with Gasteiger partial charge in [-0.15, -0.1) is 0 Å². The smallest absolute Gasteiger partial charge is 0.156 e. The van der Waals surface area contributed by atoms with Gasteiger partial charge >= 0.3 is 0 Å². The molecular formula is C26H28N2O. The summed E-state index contributed by atoms with van der Waals surface area (Å²) in [5, 5.41) is 0. The van der Waals surface area contributed by atoms with Crippen LogP contribution in [0.4, 0.5) is 0 Å². The third kappa shape index (κ3) is 3.91. The van der Waals surface area contributed by atoms with E-state index >= 15 is 0 Å². The molecule has 0 aliphatic heterocycles. The minimum atomic E-state index is -0.101. The second kappa shape index (κ2) is 8.12. The number of fused-ring (bicyclic) bond motifs is 1. The summed E-state index contributed by atoms with van der Waals surface area (Å²) in [6.07, 6.45) is 0.750. The van der Waals surface area contributed by atoms with Crippen molar-refractivity contribution in [3.63, 3.8) is 0 Å². The Balaban J connectivity index is 1.80. The zero-order chi connectivity index (χ0) is 20.4. The summed E-state index contributed by atoms with van der Waals surface area (Å²) < 4.78 is 8.68. The van der Waals surface area contributed by atoms with Crippen LogP contribution in [0.25, 0.3) is 11.0 Å². The Hall–Kier alpha value is -3.07. The van der Waals surface area contributed by atoms with Crippen LogP contribution in [-0.4, -0.2) is 9.55 Å². The van der Waals surface area contributed by atoms with Gasteiger partial charge in [0.1, 0.15) is 5.75 Å². The first kappa shape index (κ1) is 19.3. The SMILES string of the molecule is CCC(Oc1ccccc1)c1nc2ccccc2n1Cc1c(C)cc(C)cc1C. The maximum Gasteiger partial charge on any atom is 0.156 e. The number of rotatable bonds is 6. The Morgan fingerprint density at radius 3 is 2.24 bits per heavy atom. The Labute approximate surface area is 173 Å². The number of hydrogen-bond acceptors (Lipinski definition) is 2. The average Bonchev–Trinajstić information content (AvgIpc) is 3.08. The van der Waals surface area contributed by atoms with Gasteiger partial charge in [-0.25, -0.2) is 4.98 Å². The number of hydrogen-bond donors (Lipinski definition) is 0. The lowest BCUT2D eigenvalue weighted by molar-refractivity contribution is 0.187. The summed E-state index contributed by atoms with van der Waals surface area (Å²) in [6.45, 7) is 9.50. The molecule has 0 N–H and O–H groups in total. The van der Waals surface area contributed by atoms with Crippen molar-refractivity contribution >= 4 is 11.0 Å². The molecule has 3 nitrogen and oxygen atoms in total. The molecular weight excluding hydrogens is 356 g/mol. The van der Waals surface area contributed by atoms with Gasteiger partial charge in [-0.05, 0) is 68.1 Å². The molecule has 1 unspecified atom stereocenters. The largest absolute Gasteiger partial charge is 0.483 e. The Bertz CT molecular complexity index is 1110. The average molecular weight is 385 g/mol. The number of para-hydroxylation sites is 3. The van der Waals surface area contributed by atoms with E-state index in [1.54, 1.807) is 0 Å². The highest BCUT2D eigenvalue weighted by molar-refractivity contribution is 5.76. The molecule has 4 rings (SSSR count). The van der Waals surface area contributed by atoms with Crippen LogP contribution >= 0.6 is 0 Å². The number of aromatic nitrogens is 2. The number of aryl methyl sites for hydroxylation is 3. The number of ether oxygens (including phenoxy) is 1. The second-order valence-electron chi connectivity index (χ2n) is 7.75. The topological polar surface area (TPSA) is 27.1 Å². The second-order valence-corrected chi connectivity index (χ2v) is 7.75. The van der Waals surface area contributed by atoms with Gasteiger partial charge in [-0.2, -0.15) is 0 Å². The van der Waals surface area contributed by atoms with Crippen LogP contribution in [0.2, 0.25) is 0 Å². The summed E-state index contributed by atoms with van der Waals surface area (Å²) in [6, 6.07) is 22.9. The van der Waals surface area contributed by atoms with Crippen LogP contribution in [0.5, 0.6) is 5.75 Å². The lowest BCUT2D eigenvalue weighted by atomic mass is 9.99. The number of benzene rings is 3. The van der Waals surface area contributed by atoms with Crippen molar-refractivity contribution in [2.75, 3.05) is 0 Å². The van der Waals surface area contributed by atoms with E-state index in [1.807, 2.05) is 36.4 Å². The van der Waals surface area contributed by atoms with Crippen LogP contribution in [0.15, 0.2) is 66.7 Å². The number of nitrogens with zero attached hydrogens (tertiary/aromatic N) is 2. The molecule has 148 valence electrons. The van der Waals surface area contributed by atoms with E-state index in [0.717, 1.165) is 35.6 Å². The molecule has 0 fully saturated rings. The maximum atomic E-state index is 6.35. The van der Waals surface area contributed by atoms with Gasteiger partial charge in [0, 0.05) is 6.54 Å². The van der Waals surface area contributed by atoms with Crippen molar-refractivity contribution in [2.45, 2.75) is 46.8 Å². The van der Waals surface area contributed by atoms with E-state index in [4.69, 9.17) is 9.72 Å². The fraction of sp³-hybridized carbons (Fsp3) is 0.269. The minimum Gasteiger partial charge on any atom is -0.483 e. The Kier molecular flexibility index (Phi) is 5.39. The molecule has 0 aliphatic rings. The summed E-state index contributed by atoms with van der Waals surface area (Å²) in [5.74, 6) is 1.86. The molecule has 1 aromatic heterocycles. The quantitative estimate of drug-likeness (QED) is 0.377. The predicted octanol–water partition coefficient (Wildman–Crippen LogP) is 6.54. The summed E-state index contributed by atoms with van der Waals surface area (Å²) in [4.78, 5) is 4.99. The Morgan fingerprint density at radius 2 is 1.55 bits per heavy atom. The van der Waals surface area contributed by atoms with E-state index in [-0.39, 0.29) is 6.10 Å². The summed E-state index contributed by atoms with van der Waals surface area (Å²) >= 11 is 0. The third-order valence-corrected chi connectivity index (χ3v) is 5.52. The molecule has 0 saturated carbocycles. The fourth-order valence-corrected chi connectivity index (χ4v) is 4.11. The van der Waals surface area contributed by atoms with Crippen LogP contribution in [-0.2, 0) is 6.54 Å². The van der Waals surface area contributed by atoms with E-state index in [9.17, 15) is 0 Å². The zero-order valence-corrected chi connectivity index (χ0v) is 17.6. The van der Waals surface area contributed by atoms with E-state index in [2.05, 4.69) is 62.6 Å². The molecule has 0 spiro atoms. The highest BCUT2D eigenvalue weighted by Crippen LogP contribution is 2.29. The molecule has 0 saturated heterocycles. The lowest BCUT2D eigenvalue weighted by Crippen LogP contribution is -2.15. The molecule has 4 aromatic rings. The van der Waals surface area contributed by atoms with E-state index in [1.165, 1.54) is 22.3 Å². The molecule has 0 aliphatic carbocycles. The van der Waals surface area contributed by atoms with Gasteiger partial charge in [0.05, 0.1) is 11.0 Å². The molecule has 1 atom stereocenters. The normalized spacial score (nSPS) is 12.3. The van der Waals surface area contributed by atoms with Gasteiger partial charge < -0.3 is 9.30 Å². The van der Waals surface area contributed by atoms with Crippen molar-refractivity contribution in [2.24, 2.45) is 0 Å². The first-order chi connectivity index (χ1) is 14.1. The van der Waals surface area contributed by atoms with Crippen LogP contribution in [0.1, 0.15) is 47.5 Å². The zero-order valence-electron chi connectivity index (χ0n) is 17.6. The monoisotopic (exact) mass is 384 g/mol. The standard InChI is InChI=1S/C26H28N2O/c1-5-25(29-21-11-7-6-8-12-21)26-27-23-13-9-10-14-24(23)28(26)17-22-19(3)15-18(2)16-20(22)4/h6-16,25H,5,17H2,1-4H3. The fourth-order valence-electron chi connectivity index (χ4n) is 4.11. The first-order valence-corrected chi connectivity index (χ1v) is 10.3. The number of imidazole rings is 1. The van der Waals surface area contributed by atoms with Gasteiger partial charge in [0.25, 0.3) is 0 Å². The third-order valence-electron chi connectivity index (χ3n) is 5.52. The predicted molar refractivity (Wildman–Crippen MR) is 120 cm³/mol. The van der Waals surface area contributed by atoms with Gasteiger partial charge in [-0.3, -0.25) is 0 Å². The van der Waals surface area contributed by atoms with E-state index in [0.29, 0.717) is 0 Å². The van der Waals surface area contributed by atoms with Gasteiger partial charge in [0.15, 0.2) is 11.9 Å². The lowest BCUT2D eigenvalue weighted by Gasteiger charge is -2.20. The van der Waals surface area contributed by atoms with Crippen molar-refractivity contribution in [1.29, 1.82) is 0 Å². The van der Waals surface area contributed by atoms with Crippen molar-refractivity contribution in [3.05, 3.63) is 94.8 Å². The highest BCUT2D eigenvalue weighted by atomic mass is 16.5. The van der Waals surface area contributed by atoms with Crippen LogP contribution in [0, 0.1) is 20.8 Å². The first-order valence-electron chi connectivity index (χ1n) is 10.3. The molecule has 0 radical (unpaired) electrons. The molecule has 0 bridgehead atoms. The molecule has 0 amide bonds.